The van der Waals surface area contributed by atoms with Crippen molar-refractivity contribution in [3.8, 4) is 0 Å². The molecule has 0 saturated heterocycles. The van der Waals surface area contributed by atoms with Crippen molar-refractivity contribution in [3.05, 3.63) is 51.5 Å². The van der Waals surface area contributed by atoms with Crippen LogP contribution >= 0.6 is 11.3 Å². The van der Waals surface area contributed by atoms with Gasteiger partial charge in [-0.15, -0.1) is 11.3 Å². The maximum absolute atomic E-state index is 4.77. The summed E-state index contributed by atoms with van der Waals surface area (Å²) in [6.07, 6.45) is 5.06. The first-order valence-corrected chi connectivity index (χ1v) is 7.90. The van der Waals surface area contributed by atoms with E-state index in [2.05, 4.69) is 42.6 Å². The summed E-state index contributed by atoms with van der Waals surface area (Å²) in [5, 5.41) is 4.82. The van der Waals surface area contributed by atoms with Gasteiger partial charge < -0.3 is 5.32 Å². The lowest BCUT2D eigenvalue weighted by molar-refractivity contribution is 0.571. The Kier molecular flexibility index (Phi) is 3.95. The number of hydrogen-bond donors (Lipinski definition) is 1. The van der Waals surface area contributed by atoms with Crippen LogP contribution in [0.1, 0.15) is 46.9 Å². The molecule has 100 valence electrons. The van der Waals surface area contributed by atoms with E-state index in [0.29, 0.717) is 6.04 Å². The summed E-state index contributed by atoms with van der Waals surface area (Å²) in [5.41, 5.74) is 2.70. The minimum atomic E-state index is 0.377. The van der Waals surface area contributed by atoms with E-state index in [0.717, 1.165) is 6.54 Å². The minimum Gasteiger partial charge on any atom is -0.304 e. The average Bonchev–Trinajstić information content (AvgIpc) is 2.88. The van der Waals surface area contributed by atoms with Crippen LogP contribution in [0.2, 0.25) is 0 Å². The highest BCUT2D eigenvalue weighted by molar-refractivity contribution is 7.11. The van der Waals surface area contributed by atoms with Gasteiger partial charge in [0.15, 0.2) is 0 Å². The molecular formula is C16H20N2S. The molecule has 1 aromatic carbocycles. The van der Waals surface area contributed by atoms with Gasteiger partial charge >= 0.3 is 0 Å². The van der Waals surface area contributed by atoms with Crippen molar-refractivity contribution < 1.29 is 0 Å². The molecule has 1 atom stereocenters. The molecule has 1 aliphatic rings. The van der Waals surface area contributed by atoms with Gasteiger partial charge in [0.2, 0.25) is 0 Å². The van der Waals surface area contributed by atoms with E-state index < -0.39 is 0 Å². The van der Waals surface area contributed by atoms with E-state index in [9.17, 15) is 0 Å². The van der Waals surface area contributed by atoms with E-state index in [1.165, 1.54) is 46.8 Å². The number of aromatic nitrogens is 1. The van der Waals surface area contributed by atoms with E-state index in [4.69, 9.17) is 4.98 Å². The van der Waals surface area contributed by atoms with Crippen molar-refractivity contribution in [2.75, 3.05) is 0 Å². The molecule has 2 aromatic rings. The number of aryl methyl sites for hydroxylation is 2. The summed E-state index contributed by atoms with van der Waals surface area (Å²) in [5.74, 6) is 0. The predicted octanol–water partition coefficient (Wildman–Crippen LogP) is 3.87. The molecule has 1 heterocycles. The van der Waals surface area contributed by atoms with Crippen molar-refractivity contribution >= 4 is 11.3 Å². The fourth-order valence-corrected chi connectivity index (χ4v) is 3.69. The third-order valence-corrected chi connectivity index (χ3v) is 4.91. The molecular weight excluding hydrogens is 252 g/mol. The van der Waals surface area contributed by atoms with Gasteiger partial charge in [-0.25, -0.2) is 4.98 Å². The fourth-order valence-electron chi connectivity index (χ4n) is 2.58. The van der Waals surface area contributed by atoms with Crippen LogP contribution in [0.25, 0.3) is 0 Å². The Morgan fingerprint density at radius 1 is 1.21 bits per heavy atom. The van der Waals surface area contributed by atoms with Gasteiger partial charge in [-0.2, -0.15) is 0 Å². The van der Waals surface area contributed by atoms with Crippen molar-refractivity contribution in [1.29, 1.82) is 0 Å². The number of rotatable bonds is 4. The molecule has 3 rings (SSSR count). The SMILES string of the molecule is CC(NCc1nc2c(s1)CCCC2)c1ccccc1. The highest BCUT2D eigenvalue weighted by Gasteiger charge is 2.15. The van der Waals surface area contributed by atoms with Crippen LogP contribution in [-0.4, -0.2) is 4.98 Å². The Bertz CT molecular complexity index is 509. The Morgan fingerprint density at radius 2 is 2.00 bits per heavy atom. The van der Waals surface area contributed by atoms with E-state index >= 15 is 0 Å². The Hall–Kier alpha value is -1.19. The summed E-state index contributed by atoms with van der Waals surface area (Å²) in [6, 6.07) is 11.0. The van der Waals surface area contributed by atoms with Crippen LogP contribution in [0.15, 0.2) is 30.3 Å². The van der Waals surface area contributed by atoms with Crippen LogP contribution in [-0.2, 0) is 19.4 Å². The topological polar surface area (TPSA) is 24.9 Å². The molecule has 0 saturated carbocycles. The first-order valence-electron chi connectivity index (χ1n) is 7.09. The zero-order valence-electron chi connectivity index (χ0n) is 11.4. The number of fused-ring (bicyclic) bond motifs is 1. The fraction of sp³-hybridized carbons (Fsp3) is 0.438. The van der Waals surface area contributed by atoms with Gasteiger partial charge in [0.25, 0.3) is 0 Å². The minimum absolute atomic E-state index is 0.377. The largest absolute Gasteiger partial charge is 0.304 e. The number of benzene rings is 1. The van der Waals surface area contributed by atoms with Crippen LogP contribution in [0.4, 0.5) is 0 Å². The third-order valence-electron chi connectivity index (χ3n) is 3.75. The van der Waals surface area contributed by atoms with E-state index in [-0.39, 0.29) is 0 Å². The smallest absolute Gasteiger partial charge is 0.107 e. The molecule has 3 heteroatoms. The van der Waals surface area contributed by atoms with Gasteiger partial charge in [0.1, 0.15) is 5.01 Å². The van der Waals surface area contributed by atoms with E-state index in [1.807, 2.05) is 11.3 Å². The van der Waals surface area contributed by atoms with Crippen LogP contribution < -0.4 is 5.32 Å². The summed E-state index contributed by atoms with van der Waals surface area (Å²) < 4.78 is 0. The predicted molar refractivity (Wildman–Crippen MR) is 80.5 cm³/mol. The first kappa shape index (κ1) is 12.8. The molecule has 0 aliphatic heterocycles. The second-order valence-electron chi connectivity index (χ2n) is 5.20. The molecule has 1 aliphatic carbocycles. The Labute approximate surface area is 118 Å². The summed E-state index contributed by atoms with van der Waals surface area (Å²) in [7, 11) is 0. The molecule has 1 aromatic heterocycles. The van der Waals surface area contributed by atoms with Gasteiger partial charge in [-0.1, -0.05) is 30.3 Å². The lowest BCUT2D eigenvalue weighted by atomic mass is 10.0. The lowest BCUT2D eigenvalue weighted by Gasteiger charge is -2.12. The second-order valence-corrected chi connectivity index (χ2v) is 6.37. The van der Waals surface area contributed by atoms with Crippen LogP contribution in [0, 0.1) is 0 Å². The number of thiazole rings is 1. The summed E-state index contributed by atoms with van der Waals surface area (Å²) in [6.45, 7) is 3.09. The molecule has 0 spiro atoms. The maximum Gasteiger partial charge on any atom is 0.107 e. The second kappa shape index (κ2) is 5.85. The summed E-state index contributed by atoms with van der Waals surface area (Å²) in [4.78, 5) is 6.30. The zero-order valence-corrected chi connectivity index (χ0v) is 12.2. The molecule has 1 unspecified atom stereocenters. The summed E-state index contributed by atoms with van der Waals surface area (Å²) >= 11 is 1.90. The Balaban J connectivity index is 1.61. The lowest BCUT2D eigenvalue weighted by Crippen LogP contribution is -2.17. The average molecular weight is 272 g/mol. The molecule has 2 nitrogen and oxygen atoms in total. The van der Waals surface area contributed by atoms with Gasteiger partial charge in [0, 0.05) is 17.5 Å². The molecule has 0 fully saturated rings. The highest BCUT2D eigenvalue weighted by Crippen LogP contribution is 2.26. The van der Waals surface area contributed by atoms with Gasteiger partial charge in [-0.3, -0.25) is 0 Å². The van der Waals surface area contributed by atoms with Crippen molar-refractivity contribution in [1.82, 2.24) is 10.3 Å². The quantitative estimate of drug-likeness (QED) is 0.914. The monoisotopic (exact) mass is 272 g/mol. The standard InChI is InChI=1S/C16H20N2S/c1-12(13-7-3-2-4-8-13)17-11-16-18-14-9-5-6-10-15(14)19-16/h2-4,7-8,12,17H,5-6,9-11H2,1H3. The zero-order chi connectivity index (χ0) is 13.1. The van der Waals surface area contributed by atoms with Crippen molar-refractivity contribution in [2.45, 2.75) is 45.2 Å². The Morgan fingerprint density at radius 3 is 2.79 bits per heavy atom. The molecule has 1 N–H and O–H groups in total. The van der Waals surface area contributed by atoms with Crippen molar-refractivity contribution in [2.24, 2.45) is 0 Å². The van der Waals surface area contributed by atoms with Crippen LogP contribution in [0.3, 0.4) is 0 Å². The molecule has 0 bridgehead atoms. The van der Waals surface area contributed by atoms with Gasteiger partial charge in [0.05, 0.1) is 5.69 Å². The molecule has 0 radical (unpaired) electrons. The number of nitrogens with one attached hydrogen (secondary N) is 1. The van der Waals surface area contributed by atoms with Crippen molar-refractivity contribution in [3.63, 3.8) is 0 Å². The van der Waals surface area contributed by atoms with Gasteiger partial charge in [-0.05, 0) is 38.2 Å². The number of hydrogen-bond acceptors (Lipinski definition) is 3. The maximum atomic E-state index is 4.77. The normalized spacial score (nSPS) is 16.1. The highest BCUT2D eigenvalue weighted by atomic mass is 32.1. The number of nitrogens with zero attached hydrogens (tertiary/aromatic N) is 1. The molecule has 19 heavy (non-hydrogen) atoms. The first-order chi connectivity index (χ1) is 9.33. The molecule has 0 amide bonds. The van der Waals surface area contributed by atoms with E-state index in [1.54, 1.807) is 0 Å². The van der Waals surface area contributed by atoms with Crippen LogP contribution in [0.5, 0.6) is 0 Å². The third kappa shape index (κ3) is 3.04.